The van der Waals surface area contributed by atoms with Crippen molar-refractivity contribution in [2.24, 2.45) is 0 Å². The average molecular weight is 410 g/mol. The Bertz CT molecular complexity index is 1130. The topological polar surface area (TPSA) is 109 Å². The first-order valence-electron chi connectivity index (χ1n) is 8.39. The lowest BCUT2D eigenvalue weighted by molar-refractivity contribution is 0.111. The molecule has 4 aromatic carbocycles. The summed E-state index contributed by atoms with van der Waals surface area (Å²) in [6, 6.07) is 27.2. The van der Waals surface area contributed by atoms with Gasteiger partial charge in [-0.2, -0.15) is 8.42 Å². The van der Waals surface area contributed by atoms with Gasteiger partial charge < -0.3 is 0 Å². The van der Waals surface area contributed by atoms with Gasteiger partial charge in [-0.15, -0.1) is 0 Å². The van der Waals surface area contributed by atoms with Gasteiger partial charge in [-0.05, 0) is 21.5 Å². The van der Waals surface area contributed by atoms with E-state index in [-0.39, 0.29) is 0 Å². The van der Waals surface area contributed by atoms with Gasteiger partial charge in [-0.25, -0.2) is 0 Å². The fourth-order valence-corrected chi connectivity index (χ4v) is 2.71. The van der Waals surface area contributed by atoms with Crippen LogP contribution >= 0.6 is 0 Å². The number of rotatable bonds is 2. The first kappa shape index (κ1) is 21.9. The molecule has 0 saturated carbocycles. The number of carbonyl (C=O) groups is 2. The van der Waals surface area contributed by atoms with Crippen molar-refractivity contribution < 1.29 is 27.1 Å². The maximum absolute atomic E-state index is 10.6. The Hall–Kier alpha value is -3.39. The molecule has 0 aromatic heterocycles. The first-order chi connectivity index (χ1) is 13.8. The summed E-state index contributed by atoms with van der Waals surface area (Å²) in [5.74, 6) is 0. The molecule has 0 aliphatic heterocycles. The van der Waals surface area contributed by atoms with Crippen molar-refractivity contribution in [3.8, 4) is 0 Å². The second kappa shape index (κ2) is 10.2. The highest BCUT2D eigenvalue weighted by Gasteiger charge is 1.97. The maximum atomic E-state index is 10.6. The number of aldehydes is 2. The van der Waals surface area contributed by atoms with Crippen LogP contribution in [0, 0.1) is 0 Å². The van der Waals surface area contributed by atoms with Gasteiger partial charge in [-0.1, -0.05) is 84.9 Å². The van der Waals surface area contributed by atoms with Crippen LogP contribution < -0.4 is 0 Å². The molecule has 0 saturated heterocycles. The summed E-state index contributed by atoms with van der Waals surface area (Å²) in [7, 11) is -4.67. The SMILES string of the molecule is O=Cc1cccc2ccccc12.O=Cc1cccc2ccccc12.O=S(=O)(O)O. The van der Waals surface area contributed by atoms with Crippen molar-refractivity contribution in [2.75, 3.05) is 0 Å². The lowest BCUT2D eigenvalue weighted by Crippen LogP contribution is -1.89. The summed E-state index contributed by atoms with van der Waals surface area (Å²) >= 11 is 0. The largest absolute Gasteiger partial charge is 0.394 e. The normalized spacial score (nSPS) is 10.3. The fourth-order valence-electron chi connectivity index (χ4n) is 2.71. The second-order valence-corrected chi connectivity index (χ2v) is 6.72. The molecule has 2 N–H and O–H groups in total. The fraction of sp³-hybridized carbons (Fsp3) is 0. The molecule has 148 valence electrons. The Balaban J connectivity index is 0.000000170. The number of benzene rings is 4. The molecule has 6 nitrogen and oxygen atoms in total. The number of carbonyl (C=O) groups excluding carboxylic acids is 2. The molecule has 0 bridgehead atoms. The molecule has 0 unspecified atom stereocenters. The molecule has 0 fully saturated rings. The summed E-state index contributed by atoms with van der Waals surface area (Å²) in [4.78, 5) is 21.2. The Labute approximate surface area is 168 Å². The van der Waals surface area contributed by atoms with E-state index in [2.05, 4.69) is 0 Å². The monoisotopic (exact) mass is 410 g/mol. The maximum Gasteiger partial charge on any atom is 0.394 e. The van der Waals surface area contributed by atoms with E-state index in [4.69, 9.17) is 17.5 Å². The molecular weight excluding hydrogens is 392 g/mol. The molecular formula is C22H18O6S. The highest BCUT2D eigenvalue weighted by molar-refractivity contribution is 7.79. The summed E-state index contributed by atoms with van der Waals surface area (Å²) in [5, 5.41) is 4.27. The van der Waals surface area contributed by atoms with E-state index in [9.17, 15) is 9.59 Å². The van der Waals surface area contributed by atoms with Gasteiger partial charge in [0.2, 0.25) is 0 Å². The smallest absolute Gasteiger partial charge is 0.298 e. The van der Waals surface area contributed by atoms with Crippen molar-refractivity contribution in [3.05, 3.63) is 96.1 Å². The molecule has 4 aromatic rings. The van der Waals surface area contributed by atoms with E-state index in [1.807, 2.05) is 84.9 Å². The van der Waals surface area contributed by atoms with Crippen LogP contribution in [0.15, 0.2) is 84.9 Å². The summed E-state index contributed by atoms with van der Waals surface area (Å²) < 4.78 is 31.6. The van der Waals surface area contributed by atoms with E-state index in [1.165, 1.54) is 0 Å². The van der Waals surface area contributed by atoms with Crippen LogP contribution in [-0.4, -0.2) is 30.1 Å². The zero-order valence-electron chi connectivity index (χ0n) is 15.2. The molecule has 0 spiro atoms. The molecule has 0 aliphatic rings. The predicted molar refractivity (Wildman–Crippen MR) is 113 cm³/mol. The molecule has 0 aliphatic carbocycles. The van der Waals surface area contributed by atoms with E-state index in [0.717, 1.165) is 45.2 Å². The summed E-state index contributed by atoms with van der Waals surface area (Å²) in [6.45, 7) is 0. The Morgan fingerprint density at radius 2 is 0.862 bits per heavy atom. The van der Waals surface area contributed by atoms with Gasteiger partial charge in [0.15, 0.2) is 12.6 Å². The molecule has 0 heterocycles. The standard InChI is InChI=1S/2C11H8O.H2O4S/c2*12-8-10-6-3-5-9-4-1-2-7-11(9)10;1-5(2,3)4/h2*1-8H;(H2,1,2,3,4). The lowest BCUT2D eigenvalue weighted by Gasteiger charge is -1.98. The number of hydrogen-bond acceptors (Lipinski definition) is 4. The van der Waals surface area contributed by atoms with Gasteiger partial charge in [0.05, 0.1) is 0 Å². The van der Waals surface area contributed by atoms with Crippen molar-refractivity contribution in [2.45, 2.75) is 0 Å². The van der Waals surface area contributed by atoms with E-state index >= 15 is 0 Å². The van der Waals surface area contributed by atoms with Gasteiger partial charge >= 0.3 is 10.4 Å². The van der Waals surface area contributed by atoms with Gasteiger partial charge in [0, 0.05) is 11.1 Å². The van der Waals surface area contributed by atoms with E-state index < -0.39 is 10.4 Å². The van der Waals surface area contributed by atoms with Crippen molar-refractivity contribution in [1.82, 2.24) is 0 Å². The first-order valence-corrected chi connectivity index (χ1v) is 9.79. The zero-order chi connectivity index (χ0) is 21.3. The summed E-state index contributed by atoms with van der Waals surface area (Å²) in [6.07, 6.45) is 1.78. The zero-order valence-corrected chi connectivity index (χ0v) is 16.0. The predicted octanol–water partition coefficient (Wildman–Crippen LogP) is 4.65. The van der Waals surface area contributed by atoms with Crippen LogP contribution in [0.1, 0.15) is 20.7 Å². The minimum absolute atomic E-state index is 0.758. The van der Waals surface area contributed by atoms with Gasteiger partial charge in [0.1, 0.15) is 0 Å². The number of hydrogen-bond donors (Lipinski definition) is 2. The van der Waals surface area contributed by atoms with Crippen LogP contribution in [-0.2, 0) is 10.4 Å². The lowest BCUT2D eigenvalue weighted by atomic mass is 10.1. The molecule has 0 radical (unpaired) electrons. The summed E-state index contributed by atoms with van der Waals surface area (Å²) in [5.41, 5.74) is 1.52. The third-order valence-corrected chi connectivity index (χ3v) is 3.90. The van der Waals surface area contributed by atoms with Gasteiger partial charge in [0.25, 0.3) is 0 Å². The van der Waals surface area contributed by atoms with Crippen LogP contribution in [0.2, 0.25) is 0 Å². The Kier molecular flexibility index (Phi) is 7.73. The molecule has 0 atom stereocenters. The molecule has 7 heteroatoms. The van der Waals surface area contributed by atoms with Gasteiger partial charge in [-0.3, -0.25) is 18.7 Å². The minimum Gasteiger partial charge on any atom is -0.298 e. The third-order valence-electron chi connectivity index (χ3n) is 3.90. The quantitative estimate of drug-likeness (QED) is 0.368. The van der Waals surface area contributed by atoms with E-state index in [0.29, 0.717) is 0 Å². The second-order valence-electron chi connectivity index (χ2n) is 5.82. The highest BCUT2D eigenvalue weighted by atomic mass is 32.3. The van der Waals surface area contributed by atoms with Crippen LogP contribution in [0.3, 0.4) is 0 Å². The van der Waals surface area contributed by atoms with Crippen LogP contribution in [0.5, 0.6) is 0 Å². The van der Waals surface area contributed by atoms with Crippen LogP contribution in [0.4, 0.5) is 0 Å². The van der Waals surface area contributed by atoms with Crippen molar-refractivity contribution >= 4 is 44.5 Å². The Morgan fingerprint density at radius 1 is 0.552 bits per heavy atom. The van der Waals surface area contributed by atoms with Crippen molar-refractivity contribution in [3.63, 3.8) is 0 Å². The average Bonchev–Trinajstić information content (AvgIpc) is 2.72. The van der Waals surface area contributed by atoms with Crippen molar-refractivity contribution in [1.29, 1.82) is 0 Å². The molecule has 0 amide bonds. The van der Waals surface area contributed by atoms with Crippen LogP contribution in [0.25, 0.3) is 21.5 Å². The molecule has 4 rings (SSSR count). The minimum atomic E-state index is -4.67. The van der Waals surface area contributed by atoms with E-state index in [1.54, 1.807) is 0 Å². The molecule has 29 heavy (non-hydrogen) atoms. The third kappa shape index (κ3) is 6.93. The number of fused-ring (bicyclic) bond motifs is 2. The Morgan fingerprint density at radius 3 is 1.21 bits per heavy atom. The highest BCUT2D eigenvalue weighted by Crippen LogP contribution is 2.17.